The van der Waals surface area contributed by atoms with Gasteiger partial charge in [0.25, 0.3) is 0 Å². The summed E-state index contributed by atoms with van der Waals surface area (Å²) >= 11 is 5.96. The van der Waals surface area contributed by atoms with Crippen molar-refractivity contribution in [3.63, 3.8) is 0 Å². The maximum Gasteiger partial charge on any atom is 0.219 e. The Morgan fingerprint density at radius 2 is 2.06 bits per heavy atom. The Bertz CT molecular complexity index is 415. The number of hydrogen-bond acceptors (Lipinski definition) is 2. The number of hydrogen-bond donors (Lipinski definition) is 1. The summed E-state index contributed by atoms with van der Waals surface area (Å²) in [7, 11) is 0. The van der Waals surface area contributed by atoms with Crippen LogP contribution in [0.1, 0.15) is 36.2 Å². The summed E-state index contributed by atoms with van der Waals surface area (Å²) in [5, 5.41) is 3.28. The molecule has 4 heteroatoms. The first-order valence-corrected chi connectivity index (χ1v) is 5.48. The summed E-state index contributed by atoms with van der Waals surface area (Å²) < 4.78 is 0. The minimum Gasteiger partial charge on any atom is -0.352 e. The zero-order valence-corrected chi connectivity index (χ0v) is 10.1. The maximum absolute atomic E-state index is 11.2. The monoisotopic (exact) mass is 239 g/mol. The van der Waals surface area contributed by atoms with E-state index in [2.05, 4.69) is 5.32 Å². The van der Waals surface area contributed by atoms with Crippen LogP contribution >= 0.6 is 11.6 Å². The Morgan fingerprint density at radius 1 is 1.38 bits per heavy atom. The number of nitrogens with one attached hydrogen (secondary N) is 1. The Labute approximate surface area is 99.8 Å². The molecule has 0 aliphatic heterocycles. The van der Waals surface area contributed by atoms with Gasteiger partial charge in [-0.3, -0.25) is 9.59 Å². The lowest BCUT2D eigenvalue weighted by molar-refractivity contribution is -0.120. The molecule has 0 spiro atoms. The molecular formula is C12H14ClNO2. The van der Waals surface area contributed by atoms with Gasteiger partial charge in [0.15, 0.2) is 5.78 Å². The number of carbonyl (C=O) groups excluding carboxylic acids is 2. The smallest absolute Gasteiger partial charge is 0.219 e. The van der Waals surface area contributed by atoms with E-state index in [1.54, 1.807) is 25.1 Å². The minimum atomic E-state index is -0.0377. The van der Waals surface area contributed by atoms with E-state index in [1.807, 2.05) is 0 Å². The minimum absolute atomic E-state index is 0.0141. The fraction of sp³-hybridized carbons (Fsp3) is 0.333. The van der Waals surface area contributed by atoms with Gasteiger partial charge in [0.05, 0.1) is 0 Å². The van der Waals surface area contributed by atoms with Crippen LogP contribution in [0.25, 0.3) is 0 Å². The number of amides is 1. The van der Waals surface area contributed by atoms with Crippen molar-refractivity contribution in [3.8, 4) is 0 Å². The summed E-state index contributed by atoms with van der Waals surface area (Å²) in [6.07, 6.45) is 0.435. The van der Waals surface area contributed by atoms with Gasteiger partial charge in [0.1, 0.15) is 0 Å². The van der Waals surface area contributed by atoms with E-state index in [9.17, 15) is 9.59 Å². The van der Waals surface area contributed by atoms with Crippen molar-refractivity contribution in [2.45, 2.75) is 26.8 Å². The summed E-state index contributed by atoms with van der Waals surface area (Å²) in [5.41, 5.74) is 1.36. The summed E-state index contributed by atoms with van der Waals surface area (Å²) in [4.78, 5) is 22.3. The third kappa shape index (κ3) is 3.35. The molecule has 0 aromatic heterocycles. The second-order valence-corrected chi connectivity index (χ2v) is 3.90. The lowest BCUT2D eigenvalue weighted by Crippen LogP contribution is -2.21. The highest BCUT2D eigenvalue weighted by atomic mass is 35.5. The van der Waals surface area contributed by atoms with Gasteiger partial charge in [-0.25, -0.2) is 0 Å². The first-order chi connectivity index (χ1) is 7.54. The van der Waals surface area contributed by atoms with Crippen molar-refractivity contribution in [2.75, 3.05) is 0 Å². The number of benzene rings is 1. The average molecular weight is 240 g/mol. The summed E-state index contributed by atoms with van der Waals surface area (Å²) in [6, 6.07) is 5.06. The van der Waals surface area contributed by atoms with Crippen molar-refractivity contribution in [1.29, 1.82) is 0 Å². The zero-order valence-electron chi connectivity index (χ0n) is 9.34. The average Bonchev–Trinajstić information content (AvgIpc) is 2.27. The molecule has 0 atom stereocenters. The van der Waals surface area contributed by atoms with Gasteiger partial charge in [-0.15, -0.1) is 0 Å². The highest BCUT2D eigenvalue weighted by molar-refractivity contribution is 6.31. The van der Waals surface area contributed by atoms with Crippen LogP contribution in [0.2, 0.25) is 5.02 Å². The zero-order chi connectivity index (χ0) is 12.1. The highest BCUT2D eigenvalue weighted by Crippen LogP contribution is 2.17. The number of ketones is 1. The highest BCUT2D eigenvalue weighted by Gasteiger charge is 2.06. The first-order valence-electron chi connectivity index (χ1n) is 5.10. The summed E-state index contributed by atoms with van der Waals surface area (Å²) in [6.45, 7) is 3.63. The van der Waals surface area contributed by atoms with E-state index in [1.165, 1.54) is 6.92 Å². The second kappa shape index (κ2) is 5.66. The lowest BCUT2D eigenvalue weighted by Gasteiger charge is -2.07. The largest absolute Gasteiger partial charge is 0.352 e. The Balaban J connectivity index is 2.82. The fourth-order valence-electron chi connectivity index (χ4n) is 1.25. The van der Waals surface area contributed by atoms with E-state index >= 15 is 0 Å². The predicted octanol–water partition coefficient (Wildman–Crippen LogP) is 2.57. The molecule has 0 saturated carbocycles. The molecule has 0 aliphatic rings. The van der Waals surface area contributed by atoms with Gasteiger partial charge < -0.3 is 5.32 Å². The molecule has 1 N–H and O–H groups in total. The van der Waals surface area contributed by atoms with Crippen LogP contribution in [0.5, 0.6) is 0 Å². The van der Waals surface area contributed by atoms with Crippen molar-refractivity contribution in [1.82, 2.24) is 5.32 Å². The fourth-order valence-corrected chi connectivity index (χ4v) is 1.43. The topological polar surface area (TPSA) is 46.2 Å². The molecule has 1 rings (SSSR count). The van der Waals surface area contributed by atoms with E-state index < -0.39 is 0 Å². The van der Waals surface area contributed by atoms with Crippen LogP contribution in [-0.4, -0.2) is 11.7 Å². The lowest BCUT2D eigenvalue weighted by atomic mass is 10.1. The van der Waals surface area contributed by atoms with Crippen LogP contribution < -0.4 is 5.32 Å². The van der Waals surface area contributed by atoms with E-state index in [4.69, 9.17) is 11.6 Å². The molecule has 0 aliphatic carbocycles. The van der Waals surface area contributed by atoms with Crippen molar-refractivity contribution in [2.24, 2.45) is 0 Å². The van der Waals surface area contributed by atoms with Gasteiger partial charge in [-0.05, 0) is 30.7 Å². The van der Waals surface area contributed by atoms with Crippen LogP contribution in [-0.2, 0) is 11.3 Å². The molecular weight excluding hydrogens is 226 g/mol. The van der Waals surface area contributed by atoms with Crippen LogP contribution in [0, 0.1) is 0 Å². The van der Waals surface area contributed by atoms with Crippen molar-refractivity contribution in [3.05, 3.63) is 34.3 Å². The molecule has 0 unspecified atom stereocenters. The molecule has 0 fully saturated rings. The third-order valence-corrected chi connectivity index (χ3v) is 2.62. The van der Waals surface area contributed by atoms with Crippen molar-refractivity contribution < 1.29 is 9.59 Å². The second-order valence-electron chi connectivity index (χ2n) is 3.49. The van der Waals surface area contributed by atoms with Gasteiger partial charge in [-0.2, -0.15) is 0 Å². The van der Waals surface area contributed by atoms with Gasteiger partial charge in [0.2, 0.25) is 5.91 Å². The Hall–Kier alpha value is -1.35. The van der Waals surface area contributed by atoms with Crippen LogP contribution in [0.4, 0.5) is 0 Å². The number of halogens is 1. The molecule has 1 aromatic rings. The molecule has 1 amide bonds. The number of Topliss-reactive ketones (excluding diaryl/α,β-unsaturated/α-hetero) is 1. The van der Waals surface area contributed by atoms with E-state index in [0.29, 0.717) is 23.6 Å². The molecule has 1 aromatic carbocycles. The van der Waals surface area contributed by atoms with Crippen LogP contribution in [0.15, 0.2) is 18.2 Å². The standard InChI is InChI=1S/C12H14ClNO2/c1-3-12(16)14-7-10-6-9(8(2)15)4-5-11(10)13/h4-6H,3,7H2,1-2H3,(H,14,16). The predicted molar refractivity (Wildman–Crippen MR) is 63.6 cm³/mol. The van der Waals surface area contributed by atoms with Gasteiger partial charge in [-0.1, -0.05) is 18.5 Å². The Kier molecular flexibility index (Phi) is 4.50. The molecule has 0 saturated heterocycles. The molecule has 86 valence electrons. The summed E-state index contributed by atoms with van der Waals surface area (Å²) in [5.74, 6) is -0.0518. The quantitative estimate of drug-likeness (QED) is 0.821. The molecule has 3 nitrogen and oxygen atoms in total. The number of carbonyl (C=O) groups is 2. The molecule has 0 heterocycles. The number of rotatable bonds is 4. The van der Waals surface area contributed by atoms with Crippen LogP contribution in [0.3, 0.4) is 0 Å². The molecule has 0 radical (unpaired) electrons. The molecule has 16 heavy (non-hydrogen) atoms. The SMILES string of the molecule is CCC(=O)NCc1cc(C(C)=O)ccc1Cl. The third-order valence-electron chi connectivity index (χ3n) is 2.25. The van der Waals surface area contributed by atoms with Crippen molar-refractivity contribution >= 4 is 23.3 Å². The first kappa shape index (κ1) is 12.7. The van der Waals surface area contributed by atoms with E-state index in [-0.39, 0.29) is 11.7 Å². The Morgan fingerprint density at radius 3 is 2.62 bits per heavy atom. The van der Waals surface area contributed by atoms with Gasteiger partial charge in [0, 0.05) is 23.6 Å². The normalized spacial score (nSPS) is 9.94. The van der Waals surface area contributed by atoms with Gasteiger partial charge >= 0.3 is 0 Å². The molecule has 0 bridgehead atoms. The maximum atomic E-state index is 11.2. The van der Waals surface area contributed by atoms with E-state index in [0.717, 1.165) is 5.56 Å².